The number of phenols is 2. The number of sulfone groups is 1. The predicted octanol–water partition coefficient (Wildman–Crippen LogP) is 4.61. The average molecular weight is 412 g/mol. The van der Waals surface area contributed by atoms with Gasteiger partial charge in [0.15, 0.2) is 0 Å². The number of benzene rings is 4. The Hall–Kier alpha value is -3.57. The van der Waals surface area contributed by atoms with Crippen molar-refractivity contribution in [2.24, 2.45) is 0 Å². The van der Waals surface area contributed by atoms with Gasteiger partial charge in [0.2, 0.25) is 9.84 Å². The topological polar surface area (TPSA) is 74.6 Å². The van der Waals surface area contributed by atoms with Crippen LogP contribution in [0.2, 0.25) is 0 Å². The standard InChI is InChI=1S/C25H16O4S/c26-15-9-11-17-18-12-10-16(27)14-22(18)25(21(17)13-15)19-5-1-3-7-23(19)30(28,29)24-8-4-2-6-20(24)25/h1-14,26-27H. The van der Waals surface area contributed by atoms with Crippen molar-refractivity contribution in [3.63, 3.8) is 0 Å². The Morgan fingerprint density at radius 2 is 1.00 bits per heavy atom. The summed E-state index contributed by atoms with van der Waals surface area (Å²) >= 11 is 0. The molecule has 0 unspecified atom stereocenters. The van der Waals surface area contributed by atoms with Crippen LogP contribution in [0.25, 0.3) is 11.1 Å². The van der Waals surface area contributed by atoms with Gasteiger partial charge in [-0.05, 0) is 69.8 Å². The van der Waals surface area contributed by atoms with E-state index in [4.69, 9.17) is 0 Å². The lowest BCUT2D eigenvalue weighted by atomic mass is 9.67. The first-order valence-corrected chi connectivity index (χ1v) is 11.1. The number of hydrogen-bond acceptors (Lipinski definition) is 4. The highest BCUT2D eigenvalue weighted by Gasteiger charge is 2.53. The Balaban J connectivity index is 1.92. The molecule has 0 radical (unpaired) electrons. The Kier molecular flexibility index (Phi) is 3.18. The fourth-order valence-electron chi connectivity index (χ4n) is 5.17. The number of phenolic OH excluding ortho intramolecular Hbond substituents is 2. The van der Waals surface area contributed by atoms with E-state index < -0.39 is 15.3 Å². The Labute approximate surface area is 173 Å². The maximum atomic E-state index is 13.5. The molecular weight excluding hydrogens is 396 g/mol. The SMILES string of the molecule is O=S1(=O)c2ccccc2C2(c3cc(O)ccc3-c3ccc(O)cc32)c2ccccc21. The van der Waals surface area contributed by atoms with E-state index in [1.807, 2.05) is 36.4 Å². The fourth-order valence-corrected chi connectivity index (χ4v) is 6.94. The molecule has 1 heterocycles. The van der Waals surface area contributed by atoms with Gasteiger partial charge in [0, 0.05) is 0 Å². The van der Waals surface area contributed by atoms with Gasteiger partial charge in [-0.25, -0.2) is 8.42 Å². The second-order valence-electron chi connectivity index (χ2n) is 7.71. The van der Waals surface area contributed by atoms with Crippen molar-refractivity contribution in [2.75, 3.05) is 0 Å². The minimum Gasteiger partial charge on any atom is -0.508 e. The second kappa shape index (κ2) is 5.52. The summed E-state index contributed by atoms with van der Waals surface area (Å²) in [5.74, 6) is 0.210. The van der Waals surface area contributed by atoms with Crippen LogP contribution in [0.4, 0.5) is 0 Å². The minimum atomic E-state index is -3.72. The molecule has 0 bridgehead atoms. The molecule has 4 aromatic rings. The van der Waals surface area contributed by atoms with Crippen molar-refractivity contribution >= 4 is 9.84 Å². The molecule has 6 rings (SSSR count). The highest BCUT2D eigenvalue weighted by atomic mass is 32.2. The quantitative estimate of drug-likeness (QED) is 0.382. The van der Waals surface area contributed by atoms with Crippen LogP contribution in [0.1, 0.15) is 22.3 Å². The lowest BCUT2D eigenvalue weighted by Crippen LogP contribution is -2.35. The molecule has 4 aromatic carbocycles. The van der Waals surface area contributed by atoms with Crippen molar-refractivity contribution in [1.29, 1.82) is 0 Å². The van der Waals surface area contributed by atoms with Crippen LogP contribution in [0.5, 0.6) is 11.5 Å². The van der Waals surface area contributed by atoms with Crippen LogP contribution in [0.15, 0.2) is 94.7 Å². The van der Waals surface area contributed by atoms with E-state index in [-0.39, 0.29) is 21.3 Å². The molecule has 0 atom stereocenters. The molecule has 0 amide bonds. The Morgan fingerprint density at radius 3 is 1.47 bits per heavy atom. The number of hydrogen-bond donors (Lipinski definition) is 2. The van der Waals surface area contributed by atoms with E-state index in [9.17, 15) is 18.6 Å². The molecule has 30 heavy (non-hydrogen) atoms. The summed E-state index contributed by atoms with van der Waals surface area (Å²) in [6.45, 7) is 0. The van der Waals surface area contributed by atoms with Crippen molar-refractivity contribution < 1.29 is 18.6 Å². The van der Waals surface area contributed by atoms with Crippen molar-refractivity contribution in [2.45, 2.75) is 15.2 Å². The summed E-state index contributed by atoms with van der Waals surface area (Å²) in [6.07, 6.45) is 0. The molecule has 2 N–H and O–H groups in total. The summed E-state index contributed by atoms with van der Waals surface area (Å²) in [7, 11) is -3.72. The van der Waals surface area contributed by atoms with Crippen LogP contribution in [0, 0.1) is 0 Å². The lowest BCUT2D eigenvalue weighted by Gasteiger charge is -2.39. The van der Waals surface area contributed by atoms with Gasteiger partial charge in [-0.2, -0.15) is 0 Å². The van der Waals surface area contributed by atoms with E-state index in [2.05, 4.69) is 0 Å². The van der Waals surface area contributed by atoms with Crippen molar-refractivity contribution in [3.8, 4) is 22.6 Å². The van der Waals surface area contributed by atoms with Crippen LogP contribution in [-0.2, 0) is 15.3 Å². The molecule has 146 valence electrons. The first kappa shape index (κ1) is 17.3. The fraction of sp³-hybridized carbons (Fsp3) is 0.0400. The second-order valence-corrected chi connectivity index (χ2v) is 9.59. The monoisotopic (exact) mass is 412 g/mol. The molecule has 5 heteroatoms. The number of aromatic hydroxyl groups is 2. The molecule has 4 nitrogen and oxygen atoms in total. The normalized spacial score (nSPS) is 16.4. The lowest BCUT2D eigenvalue weighted by molar-refractivity contribution is 0.473. The summed E-state index contributed by atoms with van der Waals surface area (Å²) in [4.78, 5) is 0.489. The van der Waals surface area contributed by atoms with Crippen LogP contribution < -0.4 is 0 Å². The van der Waals surface area contributed by atoms with Gasteiger partial charge < -0.3 is 10.2 Å². The largest absolute Gasteiger partial charge is 0.508 e. The number of rotatable bonds is 0. The van der Waals surface area contributed by atoms with Gasteiger partial charge >= 0.3 is 0 Å². The summed E-state index contributed by atoms with van der Waals surface area (Å²) in [5, 5.41) is 20.7. The van der Waals surface area contributed by atoms with Crippen LogP contribution in [0.3, 0.4) is 0 Å². The first-order chi connectivity index (χ1) is 14.5. The summed E-state index contributed by atoms with van der Waals surface area (Å²) < 4.78 is 27.0. The maximum Gasteiger partial charge on any atom is 0.207 e. The highest BCUT2D eigenvalue weighted by molar-refractivity contribution is 7.91. The molecule has 1 aliphatic heterocycles. The van der Waals surface area contributed by atoms with E-state index >= 15 is 0 Å². The van der Waals surface area contributed by atoms with Crippen molar-refractivity contribution in [3.05, 3.63) is 107 Å². The van der Waals surface area contributed by atoms with Crippen molar-refractivity contribution in [1.82, 2.24) is 0 Å². The van der Waals surface area contributed by atoms with Gasteiger partial charge in [0.25, 0.3) is 0 Å². The zero-order chi connectivity index (χ0) is 20.7. The van der Waals surface area contributed by atoms with Gasteiger partial charge in [0.1, 0.15) is 11.5 Å². The van der Waals surface area contributed by atoms with E-state index in [1.165, 1.54) is 0 Å². The molecular formula is C25H16O4S. The van der Waals surface area contributed by atoms with E-state index in [0.29, 0.717) is 11.1 Å². The van der Waals surface area contributed by atoms with Gasteiger partial charge in [-0.3, -0.25) is 0 Å². The van der Waals surface area contributed by atoms with Crippen LogP contribution in [-0.4, -0.2) is 18.6 Å². The van der Waals surface area contributed by atoms with E-state index in [0.717, 1.165) is 22.3 Å². The molecule has 0 fully saturated rings. The third-order valence-corrected chi connectivity index (χ3v) is 8.14. The maximum absolute atomic E-state index is 13.5. The highest BCUT2D eigenvalue weighted by Crippen LogP contribution is 2.61. The molecule has 2 aliphatic rings. The smallest absolute Gasteiger partial charge is 0.207 e. The zero-order valence-electron chi connectivity index (χ0n) is 15.7. The predicted molar refractivity (Wildman–Crippen MR) is 113 cm³/mol. The third-order valence-electron chi connectivity index (χ3n) is 6.27. The molecule has 0 aromatic heterocycles. The molecule has 1 aliphatic carbocycles. The average Bonchev–Trinajstić information content (AvgIpc) is 3.02. The van der Waals surface area contributed by atoms with E-state index in [1.54, 1.807) is 48.5 Å². The number of fused-ring (bicyclic) bond motifs is 9. The van der Waals surface area contributed by atoms with Gasteiger partial charge in [-0.15, -0.1) is 0 Å². The van der Waals surface area contributed by atoms with Crippen LogP contribution >= 0.6 is 0 Å². The third kappa shape index (κ3) is 1.88. The molecule has 0 saturated carbocycles. The summed E-state index contributed by atoms with van der Waals surface area (Å²) in [5.41, 5.74) is 3.72. The Bertz CT molecular complexity index is 1380. The Morgan fingerprint density at radius 1 is 0.567 bits per heavy atom. The van der Waals surface area contributed by atoms with Gasteiger partial charge in [-0.1, -0.05) is 48.5 Å². The first-order valence-electron chi connectivity index (χ1n) is 9.57. The molecule has 0 saturated heterocycles. The zero-order valence-corrected chi connectivity index (χ0v) is 16.5. The minimum absolute atomic E-state index is 0.105. The molecule has 1 spiro atoms. The van der Waals surface area contributed by atoms with Gasteiger partial charge in [0.05, 0.1) is 15.2 Å². The summed E-state index contributed by atoms with van der Waals surface area (Å²) in [6, 6.07) is 24.4.